The Morgan fingerprint density at radius 1 is 1.04 bits per heavy atom. The Labute approximate surface area is 170 Å². The van der Waals surface area contributed by atoms with Crippen LogP contribution in [0.2, 0.25) is 0 Å². The molecule has 1 aliphatic heterocycles. The summed E-state index contributed by atoms with van der Waals surface area (Å²) in [5.41, 5.74) is 1.65. The number of thioether (sulfide) groups is 1. The van der Waals surface area contributed by atoms with E-state index in [4.69, 9.17) is 9.73 Å². The van der Waals surface area contributed by atoms with Crippen LogP contribution in [-0.4, -0.2) is 18.2 Å². The fourth-order valence-electron chi connectivity index (χ4n) is 3.65. The third kappa shape index (κ3) is 4.14. The van der Waals surface area contributed by atoms with Crippen molar-refractivity contribution in [1.82, 2.24) is 0 Å². The largest absolute Gasteiger partial charge is 0.497 e. The van der Waals surface area contributed by atoms with Crippen molar-refractivity contribution in [2.24, 2.45) is 10.9 Å². The van der Waals surface area contributed by atoms with Crippen molar-refractivity contribution in [1.29, 1.82) is 0 Å². The van der Waals surface area contributed by atoms with Crippen molar-refractivity contribution in [3.05, 3.63) is 65.6 Å². The van der Waals surface area contributed by atoms with Crippen LogP contribution in [0.1, 0.15) is 32.1 Å². The molecule has 0 bridgehead atoms. The monoisotopic (exact) mass is 392 g/mol. The van der Waals surface area contributed by atoms with Crippen LogP contribution in [0.4, 0.5) is 11.4 Å². The fourth-order valence-corrected chi connectivity index (χ4v) is 4.72. The number of methoxy groups -OCH3 is 1. The molecule has 0 radical (unpaired) electrons. The van der Waals surface area contributed by atoms with Crippen molar-refractivity contribution in [2.45, 2.75) is 32.1 Å². The number of benzene rings is 2. The number of amides is 1. The lowest BCUT2D eigenvalue weighted by molar-refractivity contribution is -0.113. The number of nitrogens with zero attached hydrogens (tertiary/aromatic N) is 2. The predicted octanol–water partition coefficient (Wildman–Crippen LogP) is 5.93. The van der Waals surface area contributed by atoms with Crippen LogP contribution in [0.15, 0.2) is 70.6 Å². The van der Waals surface area contributed by atoms with Gasteiger partial charge in [0, 0.05) is 0 Å². The van der Waals surface area contributed by atoms with Crippen molar-refractivity contribution < 1.29 is 9.53 Å². The summed E-state index contributed by atoms with van der Waals surface area (Å²) in [5, 5.41) is 0.698. The highest BCUT2D eigenvalue weighted by molar-refractivity contribution is 8.19. The first-order valence-electron chi connectivity index (χ1n) is 9.76. The van der Waals surface area contributed by atoms with Gasteiger partial charge in [-0.1, -0.05) is 43.5 Å². The number of allylic oxidation sites excluding steroid dienone is 1. The third-order valence-corrected chi connectivity index (χ3v) is 6.14. The number of ether oxygens (including phenoxy) is 1. The van der Waals surface area contributed by atoms with Gasteiger partial charge >= 0.3 is 0 Å². The zero-order valence-corrected chi connectivity index (χ0v) is 16.8. The average Bonchev–Trinajstić information content (AvgIpc) is 3.04. The number of para-hydroxylation sites is 1. The maximum absolute atomic E-state index is 13.3. The Bertz CT molecular complexity index is 885. The minimum Gasteiger partial charge on any atom is -0.497 e. The van der Waals surface area contributed by atoms with Gasteiger partial charge in [0.25, 0.3) is 5.91 Å². The molecular formula is C23H24N2O2S. The highest BCUT2D eigenvalue weighted by Gasteiger charge is 2.35. The molecule has 4 nitrogen and oxygen atoms in total. The zero-order chi connectivity index (χ0) is 19.3. The number of carbonyl (C=O) groups is 1. The van der Waals surface area contributed by atoms with Crippen molar-refractivity contribution >= 4 is 34.2 Å². The van der Waals surface area contributed by atoms with Crippen LogP contribution >= 0.6 is 11.8 Å². The molecule has 4 rings (SSSR count). The smallest absolute Gasteiger partial charge is 0.271 e. The molecule has 1 saturated carbocycles. The van der Waals surface area contributed by atoms with Gasteiger partial charge in [-0.15, -0.1) is 0 Å². The molecule has 144 valence electrons. The molecule has 0 N–H and O–H groups in total. The Kier molecular flexibility index (Phi) is 5.81. The molecule has 2 aliphatic rings. The summed E-state index contributed by atoms with van der Waals surface area (Å²) in [4.78, 5) is 20.5. The standard InChI is InChI=1S/C23H24N2O2S/c1-27-20-14-12-19(13-15-20)25-22(26)21(16-17-8-4-2-5-9-17)28-23(25)24-18-10-6-3-7-11-18/h3,6-7,10-17H,2,4-5,8-9H2,1H3. The number of hydrogen-bond donors (Lipinski definition) is 0. The van der Waals surface area contributed by atoms with Gasteiger partial charge in [0.15, 0.2) is 5.17 Å². The minimum atomic E-state index is 0.00965. The highest BCUT2D eigenvalue weighted by atomic mass is 32.2. The summed E-state index contributed by atoms with van der Waals surface area (Å²) in [6, 6.07) is 17.3. The molecule has 5 heteroatoms. The van der Waals surface area contributed by atoms with Gasteiger partial charge in [-0.25, -0.2) is 4.99 Å². The van der Waals surface area contributed by atoms with Gasteiger partial charge in [0.2, 0.25) is 0 Å². The molecule has 2 aromatic carbocycles. The molecule has 1 heterocycles. The molecule has 1 saturated heterocycles. The van der Waals surface area contributed by atoms with E-state index in [0.29, 0.717) is 11.1 Å². The molecule has 2 fully saturated rings. The van der Waals surface area contributed by atoms with Crippen LogP contribution < -0.4 is 9.64 Å². The molecule has 1 aliphatic carbocycles. The summed E-state index contributed by atoms with van der Waals surface area (Å²) in [7, 11) is 1.64. The lowest BCUT2D eigenvalue weighted by atomic mass is 9.89. The van der Waals surface area contributed by atoms with Crippen LogP contribution in [-0.2, 0) is 4.79 Å². The number of amidine groups is 1. The number of aliphatic imine (C=N–C) groups is 1. The molecule has 2 aromatic rings. The van der Waals surface area contributed by atoms with E-state index < -0.39 is 0 Å². The SMILES string of the molecule is COc1ccc(N2C(=O)C(=CC3CCCCC3)SC2=Nc2ccccc2)cc1. The normalized spacial score (nSPS) is 20.9. The first kappa shape index (κ1) is 18.8. The summed E-state index contributed by atoms with van der Waals surface area (Å²) >= 11 is 1.48. The Balaban J connectivity index is 1.69. The third-order valence-electron chi connectivity index (χ3n) is 5.15. The van der Waals surface area contributed by atoms with Crippen molar-refractivity contribution in [2.75, 3.05) is 12.0 Å². The lowest BCUT2D eigenvalue weighted by Crippen LogP contribution is -2.28. The lowest BCUT2D eigenvalue weighted by Gasteiger charge is -2.18. The Hall–Kier alpha value is -2.53. The van der Waals surface area contributed by atoms with E-state index in [1.165, 1.54) is 43.9 Å². The van der Waals surface area contributed by atoms with E-state index in [-0.39, 0.29) is 5.91 Å². The fraction of sp³-hybridized carbons (Fsp3) is 0.304. The summed E-state index contributed by atoms with van der Waals surface area (Å²) in [6.45, 7) is 0. The molecule has 0 aromatic heterocycles. The maximum atomic E-state index is 13.3. The van der Waals surface area contributed by atoms with Crippen LogP contribution in [0.5, 0.6) is 5.75 Å². The highest BCUT2D eigenvalue weighted by Crippen LogP contribution is 2.38. The van der Waals surface area contributed by atoms with E-state index in [1.54, 1.807) is 12.0 Å². The quantitative estimate of drug-likeness (QED) is 0.606. The maximum Gasteiger partial charge on any atom is 0.271 e. The van der Waals surface area contributed by atoms with E-state index in [2.05, 4.69) is 6.08 Å². The summed E-state index contributed by atoms with van der Waals surface area (Å²) in [5.74, 6) is 1.27. The van der Waals surface area contributed by atoms with E-state index >= 15 is 0 Å². The Morgan fingerprint density at radius 3 is 2.43 bits per heavy atom. The first-order chi connectivity index (χ1) is 13.7. The van der Waals surface area contributed by atoms with E-state index in [0.717, 1.165) is 22.0 Å². The summed E-state index contributed by atoms with van der Waals surface area (Å²) in [6.07, 6.45) is 8.33. The molecule has 1 amide bonds. The van der Waals surface area contributed by atoms with E-state index in [1.807, 2.05) is 54.6 Å². The zero-order valence-electron chi connectivity index (χ0n) is 16.0. The van der Waals surface area contributed by atoms with Gasteiger partial charge < -0.3 is 4.74 Å². The van der Waals surface area contributed by atoms with Crippen LogP contribution in [0.3, 0.4) is 0 Å². The average molecular weight is 393 g/mol. The predicted molar refractivity (Wildman–Crippen MR) is 116 cm³/mol. The van der Waals surface area contributed by atoms with E-state index in [9.17, 15) is 4.79 Å². The van der Waals surface area contributed by atoms with Crippen molar-refractivity contribution in [3.63, 3.8) is 0 Å². The number of anilines is 1. The second-order valence-corrected chi connectivity index (χ2v) is 8.11. The topological polar surface area (TPSA) is 41.9 Å². The molecular weight excluding hydrogens is 368 g/mol. The second kappa shape index (κ2) is 8.65. The Morgan fingerprint density at radius 2 is 1.75 bits per heavy atom. The van der Waals surface area contributed by atoms with Gasteiger partial charge in [0.05, 0.1) is 23.4 Å². The molecule has 0 unspecified atom stereocenters. The van der Waals surface area contributed by atoms with Gasteiger partial charge in [0.1, 0.15) is 5.75 Å². The first-order valence-corrected chi connectivity index (χ1v) is 10.6. The minimum absolute atomic E-state index is 0.00965. The second-order valence-electron chi connectivity index (χ2n) is 7.10. The summed E-state index contributed by atoms with van der Waals surface area (Å²) < 4.78 is 5.25. The molecule has 0 atom stereocenters. The van der Waals surface area contributed by atoms with Crippen molar-refractivity contribution in [3.8, 4) is 5.75 Å². The molecule has 28 heavy (non-hydrogen) atoms. The van der Waals surface area contributed by atoms with Gasteiger partial charge in [-0.2, -0.15) is 0 Å². The van der Waals surface area contributed by atoms with Crippen LogP contribution in [0.25, 0.3) is 0 Å². The van der Waals surface area contributed by atoms with Gasteiger partial charge in [-0.3, -0.25) is 9.69 Å². The number of hydrogen-bond acceptors (Lipinski definition) is 4. The van der Waals surface area contributed by atoms with Crippen LogP contribution in [0, 0.1) is 5.92 Å². The number of rotatable bonds is 4. The number of carbonyl (C=O) groups excluding carboxylic acids is 1. The van der Waals surface area contributed by atoms with Gasteiger partial charge in [-0.05, 0) is 66.9 Å². The molecule has 0 spiro atoms.